The molecule has 0 amide bonds. The Kier molecular flexibility index (Phi) is 3.77. The normalized spacial score (nSPS) is 19.4. The number of phenols is 1. The fourth-order valence-corrected chi connectivity index (χ4v) is 2.98. The third kappa shape index (κ3) is 2.89. The van der Waals surface area contributed by atoms with Crippen LogP contribution in [0.3, 0.4) is 0 Å². The molecule has 0 spiro atoms. The van der Waals surface area contributed by atoms with Crippen molar-refractivity contribution in [1.82, 2.24) is 24.7 Å². The fourth-order valence-electron chi connectivity index (χ4n) is 2.98. The van der Waals surface area contributed by atoms with Crippen molar-refractivity contribution in [3.8, 4) is 22.7 Å². The third-order valence-electron chi connectivity index (χ3n) is 4.58. The summed E-state index contributed by atoms with van der Waals surface area (Å²) in [6.45, 7) is 4.06. The quantitative estimate of drug-likeness (QED) is 0.758. The van der Waals surface area contributed by atoms with Crippen LogP contribution in [0.5, 0.6) is 5.75 Å². The number of imidazole rings is 1. The Balaban J connectivity index is 1.57. The van der Waals surface area contributed by atoms with Gasteiger partial charge in [0, 0.05) is 30.1 Å². The monoisotopic (exact) mass is 334 g/mol. The molecule has 2 heterocycles. The van der Waals surface area contributed by atoms with Crippen molar-refractivity contribution in [1.29, 1.82) is 0 Å². The van der Waals surface area contributed by atoms with Gasteiger partial charge in [0.1, 0.15) is 11.4 Å². The van der Waals surface area contributed by atoms with E-state index < -0.39 is 0 Å². The van der Waals surface area contributed by atoms with Gasteiger partial charge in [-0.05, 0) is 36.5 Å². The Hall–Kier alpha value is -3.06. The minimum atomic E-state index is 0.110. The first kappa shape index (κ1) is 15.5. The predicted molar refractivity (Wildman–Crippen MR) is 93.8 cm³/mol. The SMILES string of the molecule is C=C(c1ncc(-c2ccc(-n3ccnc3)cc2O)nn1)[C@H]1C[C@@H](N)C1. The summed E-state index contributed by atoms with van der Waals surface area (Å²) in [5.74, 6) is 0.986. The maximum Gasteiger partial charge on any atom is 0.177 e. The molecule has 3 N–H and O–H groups in total. The van der Waals surface area contributed by atoms with Gasteiger partial charge in [0.2, 0.25) is 0 Å². The molecule has 1 aliphatic carbocycles. The first-order chi connectivity index (χ1) is 12.1. The highest BCUT2D eigenvalue weighted by atomic mass is 16.3. The van der Waals surface area contributed by atoms with Crippen molar-refractivity contribution in [3.63, 3.8) is 0 Å². The van der Waals surface area contributed by atoms with Gasteiger partial charge in [-0.15, -0.1) is 10.2 Å². The van der Waals surface area contributed by atoms with Crippen LogP contribution >= 0.6 is 0 Å². The number of phenolic OH excluding ortho intramolecular Hbond substituents is 1. The number of benzene rings is 1. The van der Waals surface area contributed by atoms with E-state index in [2.05, 4.69) is 26.7 Å². The molecule has 1 saturated carbocycles. The molecular weight excluding hydrogens is 316 g/mol. The topological polar surface area (TPSA) is 103 Å². The van der Waals surface area contributed by atoms with Gasteiger partial charge in [-0.1, -0.05) is 6.58 Å². The summed E-state index contributed by atoms with van der Waals surface area (Å²) in [5, 5.41) is 18.7. The Morgan fingerprint density at radius 3 is 2.72 bits per heavy atom. The van der Waals surface area contributed by atoms with Crippen LogP contribution in [0.25, 0.3) is 22.5 Å². The highest BCUT2D eigenvalue weighted by Crippen LogP contribution is 2.36. The van der Waals surface area contributed by atoms with E-state index in [1.165, 1.54) is 0 Å². The molecule has 7 nitrogen and oxygen atoms in total. The van der Waals surface area contributed by atoms with Gasteiger partial charge in [-0.3, -0.25) is 0 Å². The maximum atomic E-state index is 10.3. The third-order valence-corrected chi connectivity index (χ3v) is 4.58. The zero-order valence-corrected chi connectivity index (χ0v) is 13.6. The zero-order chi connectivity index (χ0) is 17.4. The van der Waals surface area contributed by atoms with E-state index in [0.717, 1.165) is 24.1 Å². The van der Waals surface area contributed by atoms with Crippen LogP contribution in [0, 0.1) is 5.92 Å². The molecule has 7 heteroatoms. The summed E-state index contributed by atoms with van der Waals surface area (Å²) < 4.78 is 1.81. The number of hydrogen-bond acceptors (Lipinski definition) is 6. The van der Waals surface area contributed by atoms with Crippen LogP contribution < -0.4 is 5.73 Å². The summed E-state index contributed by atoms with van der Waals surface area (Å²) in [7, 11) is 0. The van der Waals surface area contributed by atoms with Crippen molar-refractivity contribution < 1.29 is 5.11 Å². The largest absolute Gasteiger partial charge is 0.507 e. The average molecular weight is 334 g/mol. The van der Waals surface area contributed by atoms with E-state index in [0.29, 0.717) is 23.0 Å². The molecule has 3 aromatic rings. The van der Waals surface area contributed by atoms with E-state index >= 15 is 0 Å². The van der Waals surface area contributed by atoms with E-state index in [1.54, 1.807) is 30.9 Å². The minimum absolute atomic E-state index is 0.110. The molecule has 0 unspecified atom stereocenters. The van der Waals surface area contributed by atoms with Crippen LogP contribution in [-0.4, -0.2) is 35.9 Å². The predicted octanol–water partition coefficient (Wildman–Crippen LogP) is 2.18. The van der Waals surface area contributed by atoms with E-state index in [-0.39, 0.29) is 11.8 Å². The number of allylic oxidation sites excluding steroid dienone is 1. The highest BCUT2D eigenvalue weighted by Gasteiger charge is 2.29. The summed E-state index contributed by atoms with van der Waals surface area (Å²) >= 11 is 0. The lowest BCUT2D eigenvalue weighted by atomic mass is 9.76. The van der Waals surface area contributed by atoms with Gasteiger partial charge in [-0.25, -0.2) is 9.97 Å². The minimum Gasteiger partial charge on any atom is -0.507 e. The second-order valence-corrected chi connectivity index (χ2v) is 6.29. The van der Waals surface area contributed by atoms with Gasteiger partial charge in [0.05, 0.1) is 18.2 Å². The summed E-state index contributed by atoms with van der Waals surface area (Å²) in [6, 6.07) is 5.57. The molecule has 1 aliphatic rings. The Morgan fingerprint density at radius 2 is 2.12 bits per heavy atom. The molecule has 25 heavy (non-hydrogen) atoms. The van der Waals surface area contributed by atoms with Gasteiger partial charge in [0.25, 0.3) is 0 Å². The number of nitrogens with zero attached hydrogens (tertiary/aromatic N) is 5. The van der Waals surface area contributed by atoms with E-state index in [4.69, 9.17) is 5.73 Å². The standard InChI is InChI=1S/C18H18N6O/c1-11(12-6-13(19)7-12)18-21-9-16(22-23-18)15-3-2-14(8-17(15)25)24-5-4-20-10-24/h2-5,8-10,12-13,25H,1,6-7,19H2/t12-,13+. The smallest absolute Gasteiger partial charge is 0.177 e. The zero-order valence-electron chi connectivity index (χ0n) is 13.6. The average Bonchev–Trinajstić information content (AvgIpc) is 3.13. The van der Waals surface area contributed by atoms with Gasteiger partial charge < -0.3 is 15.4 Å². The van der Waals surface area contributed by atoms with Crippen LogP contribution in [0.4, 0.5) is 0 Å². The molecule has 0 saturated heterocycles. The Morgan fingerprint density at radius 1 is 1.28 bits per heavy atom. The van der Waals surface area contributed by atoms with Crippen LogP contribution in [0.1, 0.15) is 18.7 Å². The maximum absolute atomic E-state index is 10.3. The van der Waals surface area contributed by atoms with Gasteiger partial charge in [0.15, 0.2) is 5.82 Å². The summed E-state index contributed by atoms with van der Waals surface area (Å²) in [4.78, 5) is 8.35. The number of rotatable bonds is 4. The van der Waals surface area contributed by atoms with Gasteiger partial charge >= 0.3 is 0 Å². The second kappa shape index (κ2) is 6.10. The molecule has 0 radical (unpaired) electrons. The number of aromatic hydroxyl groups is 1. The van der Waals surface area contributed by atoms with E-state index in [1.807, 2.05) is 16.8 Å². The summed E-state index contributed by atoms with van der Waals surface area (Å²) in [5.41, 5.74) is 8.59. The lowest BCUT2D eigenvalue weighted by molar-refractivity contribution is 0.333. The molecule has 0 aliphatic heterocycles. The fraction of sp³-hybridized carbons (Fsp3) is 0.222. The number of hydrogen-bond donors (Lipinski definition) is 2. The lowest BCUT2D eigenvalue weighted by Gasteiger charge is -2.33. The van der Waals surface area contributed by atoms with Crippen molar-refractivity contribution in [2.24, 2.45) is 11.7 Å². The van der Waals surface area contributed by atoms with Gasteiger partial charge in [-0.2, -0.15) is 0 Å². The van der Waals surface area contributed by atoms with Crippen molar-refractivity contribution in [2.75, 3.05) is 0 Å². The molecule has 2 aromatic heterocycles. The summed E-state index contributed by atoms with van der Waals surface area (Å²) in [6.07, 6.45) is 8.60. The van der Waals surface area contributed by atoms with Crippen LogP contribution in [0.2, 0.25) is 0 Å². The number of aromatic nitrogens is 5. The molecule has 4 rings (SSSR count). The Labute approximate surface area is 144 Å². The van der Waals surface area contributed by atoms with Crippen LogP contribution in [-0.2, 0) is 0 Å². The van der Waals surface area contributed by atoms with E-state index in [9.17, 15) is 5.11 Å². The molecular formula is C18H18N6O. The second-order valence-electron chi connectivity index (χ2n) is 6.29. The highest BCUT2D eigenvalue weighted by molar-refractivity contribution is 5.68. The lowest BCUT2D eigenvalue weighted by Crippen LogP contribution is -2.36. The number of nitrogens with two attached hydrogens (primary N) is 1. The molecule has 0 bridgehead atoms. The van der Waals surface area contributed by atoms with Crippen molar-refractivity contribution in [2.45, 2.75) is 18.9 Å². The Bertz CT molecular complexity index is 898. The molecule has 0 atom stereocenters. The van der Waals surface area contributed by atoms with Crippen molar-refractivity contribution in [3.05, 3.63) is 55.5 Å². The van der Waals surface area contributed by atoms with Crippen molar-refractivity contribution >= 4 is 5.57 Å². The molecule has 1 fully saturated rings. The van der Waals surface area contributed by atoms with Crippen LogP contribution in [0.15, 0.2) is 49.7 Å². The molecule has 126 valence electrons. The molecule has 1 aromatic carbocycles. The first-order valence-electron chi connectivity index (χ1n) is 8.08. The first-order valence-corrected chi connectivity index (χ1v) is 8.08.